The van der Waals surface area contributed by atoms with E-state index >= 15 is 0 Å². The van der Waals surface area contributed by atoms with E-state index in [1.807, 2.05) is 64.1 Å². The van der Waals surface area contributed by atoms with E-state index in [4.69, 9.17) is 0 Å². The quantitative estimate of drug-likeness (QED) is 0.458. The third-order valence-electron chi connectivity index (χ3n) is 6.50. The number of rotatable bonds is 5. The molecule has 2 saturated heterocycles. The number of barbiturate groups is 1. The van der Waals surface area contributed by atoms with Crippen LogP contribution in [-0.4, -0.2) is 51.2 Å². The summed E-state index contributed by atoms with van der Waals surface area (Å²) < 4.78 is 1.86. The molecule has 2 aliphatic rings. The van der Waals surface area contributed by atoms with Gasteiger partial charge in [0.15, 0.2) is 0 Å². The number of benzene rings is 2. The molecule has 35 heavy (non-hydrogen) atoms. The number of likely N-dealkylation sites (tertiary alicyclic amines) is 1. The number of urea groups is 1. The maximum absolute atomic E-state index is 13.2. The molecule has 0 aliphatic carbocycles. The first kappa shape index (κ1) is 22.6. The van der Waals surface area contributed by atoms with Crippen molar-refractivity contribution in [1.29, 1.82) is 0 Å². The van der Waals surface area contributed by atoms with Crippen LogP contribution < -0.4 is 5.32 Å². The van der Waals surface area contributed by atoms with E-state index in [9.17, 15) is 19.2 Å². The van der Waals surface area contributed by atoms with Crippen LogP contribution in [0, 0.1) is 0 Å². The molecule has 8 nitrogen and oxygen atoms in total. The lowest BCUT2D eigenvalue weighted by Crippen LogP contribution is -2.53. The normalized spacial score (nSPS) is 17.8. The SMILES string of the molecule is O=C1NC(=O)N(Cc2ccccc2)C(=O)C1=Cc1cn(CC(=O)N2CCCCC2)c2ccccc12. The minimum Gasteiger partial charge on any atom is -0.341 e. The molecule has 0 bridgehead atoms. The van der Waals surface area contributed by atoms with Crippen molar-refractivity contribution >= 4 is 40.7 Å². The Morgan fingerprint density at radius 2 is 1.63 bits per heavy atom. The maximum atomic E-state index is 13.2. The van der Waals surface area contributed by atoms with E-state index < -0.39 is 17.8 Å². The Morgan fingerprint density at radius 3 is 2.40 bits per heavy atom. The average Bonchev–Trinajstić information content (AvgIpc) is 3.22. The van der Waals surface area contributed by atoms with Crippen molar-refractivity contribution in [3.63, 3.8) is 0 Å². The maximum Gasteiger partial charge on any atom is 0.331 e. The molecule has 178 valence electrons. The number of piperidine rings is 1. The highest BCUT2D eigenvalue weighted by Crippen LogP contribution is 2.26. The lowest BCUT2D eigenvalue weighted by atomic mass is 10.1. The highest BCUT2D eigenvalue weighted by Gasteiger charge is 2.36. The number of carbonyl (C=O) groups excluding carboxylic acids is 4. The van der Waals surface area contributed by atoms with E-state index in [2.05, 4.69) is 5.32 Å². The second-order valence-electron chi connectivity index (χ2n) is 8.87. The van der Waals surface area contributed by atoms with Gasteiger partial charge in [-0.25, -0.2) is 4.79 Å². The predicted octanol–water partition coefficient (Wildman–Crippen LogP) is 3.32. The summed E-state index contributed by atoms with van der Waals surface area (Å²) in [4.78, 5) is 54.0. The van der Waals surface area contributed by atoms with Gasteiger partial charge in [0, 0.05) is 35.8 Å². The Hall–Kier alpha value is -4.20. The zero-order valence-corrected chi connectivity index (χ0v) is 19.3. The summed E-state index contributed by atoms with van der Waals surface area (Å²) in [5, 5.41) is 3.09. The third-order valence-corrected chi connectivity index (χ3v) is 6.50. The van der Waals surface area contributed by atoms with Crippen LogP contribution >= 0.6 is 0 Å². The molecule has 0 radical (unpaired) electrons. The Morgan fingerprint density at radius 1 is 0.914 bits per heavy atom. The van der Waals surface area contributed by atoms with Gasteiger partial charge in [-0.1, -0.05) is 48.5 Å². The molecular formula is C27H26N4O4. The van der Waals surface area contributed by atoms with Gasteiger partial charge in [0.2, 0.25) is 5.91 Å². The first-order chi connectivity index (χ1) is 17.0. The molecule has 0 atom stereocenters. The largest absolute Gasteiger partial charge is 0.341 e. The van der Waals surface area contributed by atoms with E-state index in [-0.39, 0.29) is 24.6 Å². The number of para-hydroxylation sites is 1. The lowest BCUT2D eigenvalue weighted by Gasteiger charge is -2.27. The monoisotopic (exact) mass is 470 g/mol. The van der Waals surface area contributed by atoms with Crippen LogP contribution in [0.4, 0.5) is 4.79 Å². The Kier molecular flexibility index (Phi) is 6.18. The van der Waals surface area contributed by atoms with Crippen LogP contribution in [0.3, 0.4) is 0 Å². The van der Waals surface area contributed by atoms with Gasteiger partial charge in [0.05, 0.1) is 6.54 Å². The summed E-state index contributed by atoms with van der Waals surface area (Å²) in [7, 11) is 0. The van der Waals surface area contributed by atoms with Gasteiger partial charge in [-0.05, 0) is 37.0 Å². The molecule has 0 saturated carbocycles. The number of nitrogens with one attached hydrogen (secondary N) is 1. The van der Waals surface area contributed by atoms with Gasteiger partial charge in [0.1, 0.15) is 12.1 Å². The van der Waals surface area contributed by atoms with E-state index in [1.54, 1.807) is 6.20 Å². The molecule has 0 spiro atoms. The summed E-state index contributed by atoms with van der Waals surface area (Å²) in [6.45, 7) is 1.79. The fraction of sp³-hybridized carbons (Fsp3) is 0.259. The molecule has 5 rings (SSSR count). The van der Waals surface area contributed by atoms with Crippen LogP contribution in [0.1, 0.15) is 30.4 Å². The Labute approximate surface area is 202 Å². The molecular weight excluding hydrogens is 444 g/mol. The summed E-state index contributed by atoms with van der Waals surface area (Å²) in [6.07, 6.45) is 6.48. The first-order valence-electron chi connectivity index (χ1n) is 11.8. The molecule has 5 amide bonds. The van der Waals surface area contributed by atoms with Crippen molar-refractivity contribution in [2.24, 2.45) is 0 Å². The number of amides is 5. The number of carbonyl (C=O) groups is 4. The van der Waals surface area contributed by atoms with Crippen LogP contribution in [0.25, 0.3) is 17.0 Å². The molecule has 0 unspecified atom stereocenters. The zero-order chi connectivity index (χ0) is 24.4. The van der Waals surface area contributed by atoms with Gasteiger partial charge in [0.25, 0.3) is 11.8 Å². The van der Waals surface area contributed by atoms with Gasteiger partial charge in [-0.15, -0.1) is 0 Å². The number of fused-ring (bicyclic) bond motifs is 1. The number of hydrogen-bond acceptors (Lipinski definition) is 4. The van der Waals surface area contributed by atoms with Crippen molar-refractivity contribution in [1.82, 2.24) is 19.7 Å². The minimum absolute atomic E-state index is 0.0516. The topological polar surface area (TPSA) is 91.7 Å². The van der Waals surface area contributed by atoms with Crippen LogP contribution in [-0.2, 0) is 27.5 Å². The van der Waals surface area contributed by atoms with Gasteiger partial charge < -0.3 is 9.47 Å². The van der Waals surface area contributed by atoms with Gasteiger partial charge >= 0.3 is 6.03 Å². The first-order valence-corrected chi connectivity index (χ1v) is 11.8. The standard InChI is InChI=1S/C27H26N4O4/c32-24(29-13-7-2-8-14-29)18-30-17-20(21-11-5-6-12-23(21)30)15-22-25(33)28-27(35)31(26(22)34)16-19-9-3-1-4-10-19/h1,3-6,9-12,15,17H,2,7-8,13-14,16,18H2,(H,28,33,35). The van der Waals surface area contributed by atoms with Crippen molar-refractivity contribution in [3.8, 4) is 0 Å². The summed E-state index contributed by atoms with van der Waals surface area (Å²) in [5.41, 5.74) is 2.13. The number of aromatic nitrogens is 1. The third kappa shape index (κ3) is 4.59. The van der Waals surface area contributed by atoms with Crippen LogP contribution in [0.2, 0.25) is 0 Å². The molecule has 3 aromatic rings. The molecule has 1 aromatic heterocycles. The molecule has 2 fully saturated rings. The van der Waals surface area contributed by atoms with E-state index in [0.717, 1.165) is 53.7 Å². The van der Waals surface area contributed by atoms with Gasteiger partial charge in [-0.3, -0.25) is 24.6 Å². The van der Waals surface area contributed by atoms with Crippen LogP contribution in [0.5, 0.6) is 0 Å². The van der Waals surface area contributed by atoms with E-state index in [1.165, 1.54) is 6.08 Å². The fourth-order valence-corrected chi connectivity index (χ4v) is 4.67. The lowest BCUT2D eigenvalue weighted by molar-refractivity contribution is -0.133. The number of nitrogens with zero attached hydrogens (tertiary/aromatic N) is 3. The number of hydrogen-bond donors (Lipinski definition) is 1. The second-order valence-corrected chi connectivity index (χ2v) is 8.87. The Balaban J connectivity index is 1.46. The second kappa shape index (κ2) is 9.58. The smallest absolute Gasteiger partial charge is 0.331 e. The van der Waals surface area contributed by atoms with Gasteiger partial charge in [-0.2, -0.15) is 0 Å². The van der Waals surface area contributed by atoms with Crippen molar-refractivity contribution in [3.05, 3.63) is 77.5 Å². The summed E-state index contributed by atoms with van der Waals surface area (Å²) >= 11 is 0. The highest BCUT2D eigenvalue weighted by molar-refractivity contribution is 6.31. The predicted molar refractivity (Wildman–Crippen MR) is 131 cm³/mol. The highest BCUT2D eigenvalue weighted by atomic mass is 16.2. The molecule has 2 aromatic carbocycles. The van der Waals surface area contributed by atoms with Crippen molar-refractivity contribution in [2.75, 3.05) is 13.1 Å². The fourth-order valence-electron chi connectivity index (χ4n) is 4.67. The zero-order valence-electron chi connectivity index (χ0n) is 19.3. The van der Waals surface area contributed by atoms with Crippen LogP contribution in [0.15, 0.2) is 66.4 Å². The average molecular weight is 471 g/mol. The van der Waals surface area contributed by atoms with Crippen molar-refractivity contribution in [2.45, 2.75) is 32.4 Å². The molecule has 1 N–H and O–H groups in total. The molecule has 8 heteroatoms. The summed E-state index contributed by atoms with van der Waals surface area (Å²) in [5.74, 6) is -1.33. The minimum atomic E-state index is -0.740. The Bertz CT molecular complexity index is 1340. The van der Waals surface area contributed by atoms with Crippen molar-refractivity contribution < 1.29 is 19.2 Å². The molecule has 2 aliphatic heterocycles. The molecule has 3 heterocycles. The number of imide groups is 2. The van der Waals surface area contributed by atoms with E-state index in [0.29, 0.717) is 5.56 Å². The summed E-state index contributed by atoms with van der Waals surface area (Å²) in [6, 6.07) is 15.9.